The van der Waals surface area contributed by atoms with Crippen molar-refractivity contribution in [2.75, 3.05) is 20.4 Å². The molecule has 9 nitrogen and oxygen atoms in total. The minimum atomic E-state index is -3.99. The maximum atomic E-state index is 13.5. The minimum absolute atomic E-state index is 0.0214. The first-order chi connectivity index (χ1) is 16.9. The molecule has 182 valence electrons. The Kier molecular flexibility index (Phi) is 7.33. The molecule has 0 radical (unpaired) electrons. The number of carbonyl (C=O) groups is 1. The minimum Gasteiger partial charge on any atom is -0.496 e. The topological polar surface area (TPSA) is 107 Å². The number of aryl methyl sites for hydroxylation is 1. The van der Waals surface area contributed by atoms with Gasteiger partial charge in [0.15, 0.2) is 11.5 Å². The monoisotopic (exact) mass is 495 g/mol. The lowest BCUT2D eigenvalue weighted by Gasteiger charge is -2.22. The van der Waals surface area contributed by atoms with Crippen LogP contribution in [0, 0.1) is 6.92 Å². The summed E-state index contributed by atoms with van der Waals surface area (Å²) in [5, 5.41) is 3.96. The predicted octanol–water partition coefficient (Wildman–Crippen LogP) is 3.07. The highest BCUT2D eigenvalue weighted by molar-refractivity contribution is 7.89. The van der Waals surface area contributed by atoms with Crippen molar-refractivity contribution in [1.29, 1.82) is 0 Å². The molecule has 0 saturated heterocycles. The number of nitrogens with zero attached hydrogens (tertiary/aromatic N) is 2. The Morgan fingerprint density at radius 3 is 2.60 bits per heavy atom. The second-order valence-corrected chi connectivity index (χ2v) is 9.73. The zero-order chi connectivity index (χ0) is 24.8. The van der Waals surface area contributed by atoms with Gasteiger partial charge in [0, 0.05) is 6.54 Å². The lowest BCUT2D eigenvalue weighted by atomic mass is 10.2. The Morgan fingerprint density at radius 2 is 1.86 bits per heavy atom. The summed E-state index contributed by atoms with van der Waals surface area (Å²) < 4.78 is 43.9. The van der Waals surface area contributed by atoms with Gasteiger partial charge in [-0.15, -0.1) is 0 Å². The molecule has 35 heavy (non-hydrogen) atoms. The van der Waals surface area contributed by atoms with E-state index in [4.69, 9.17) is 14.2 Å². The SMILES string of the molecule is COc1ccc(S(=O)(=O)N(CC(=O)N/N=C/c2ccc3c(c2)OCO3)Cc2ccccc2)cc1C. The van der Waals surface area contributed by atoms with Crippen LogP contribution in [0.4, 0.5) is 0 Å². The van der Waals surface area contributed by atoms with Crippen molar-refractivity contribution < 1.29 is 27.4 Å². The summed E-state index contributed by atoms with van der Waals surface area (Å²) in [7, 11) is -2.47. The molecule has 1 aliphatic rings. The molecule has 0 unspecified atom stereocenters. The van der Waals surface area contributed by atoms with Gasteiger partial charge in [-0.3, -0.25) is 4.79 Å². The number of hydrogen-bond donors (Lipinski definition) is 1. The van der Waals surface area contributed by atoms with Gasteiger partial charge < -0.3 is 14.2 Å². The summed E-state index contributed by atoms with van der Waals surface area (Å²) >= 11 is 0. The molecule has 3 aromatic rings. The summed E-state index contributed by atoms with van der Waals surface area (Å²) in [6, 6.07) is 18.9. The van der Waals surface area contributed by atoms with E-state index in [2.05, 4.69) is 10.5 Å². The molecule has 1 heterocycles. The Morgan fingerprint density at radius 1 is 1.09 bits per heavy atom. The number of methoxy groups -OCH3 is 1. The van der Waals surface area contributed by atoms with E-state index in [0.717, 1.165) is 9.87 Å². The number of hydrazone groups is 1. The first-order valence-electron chi connectivity index (χ1n) is 10.8. The molecule has 0 fully saturated rings. The van der Waals surface area contributed by atoms with Crippen LogP contribution in [0.25, 0.3) is 0 Å². The summed E-state index contributed by atoms with van der Waals surface area (Å²) in [4.78, 5) is 12.7. The largest absolute Gasteiger partial charge is 0.496 e. The van der Waals surface area contributed by atoms with Gasteiger partial charge in [0.2, 0.25) is 16.8 Å². The van der Waals surface area contributed by atoms with Crippen LogP contribution in [0.2, 0.25) is 0 Å². The fourth-order valence-electron chi connectivity index (χ4n) is 3.54. The number of ether oxygens (including phenoxy) is 3. The standard InChI is InChI=1S/C25H25N3O6S/c1-18-12-21(9-11-22(18)32-2)35(30,31)28(15-19-6-4-3-5-7-19)16-25(29)27-26-14-20-8-10-23-24(13-20)34-17-33-23/h3-14H,15-17H2,1-2H3,(H,27,29)/b26-14+. The van der Waals surface area contributed by atoms with Gasteiger partial charge in [0.05, 0.1) is 24.8 Å². The molecule has 0 spiro atoms. The second-order valence-electron chi connectivity index (χ2n) is 7.80. The van der Waals surface area contributed by atoms with Crippen LogP contribution in [0.5, 0.6) is 17.2 Å². The number of carbonyl (C=O) groups excluding carboxylic acids is 1. The summed E-state index contributed by atoms with van der Waals surface area (Å²) in [5.41, 5.74) is 4.51. The zero-order valence-corrected chi connectivity index (χ0v) is 20.1. The molecule has 1 N–H and O–H groups in total. The van der Waals surface area contributed by atoms with Gasteiger partial charge in [-0.05, 0) is 60.0 Å². The molecule has 1 amide bonds. The molecule has 0 atom stereocenters. The van der Waals surface area contributed by atoms with E-state index in [1.54, 1.807) is 43.3 Å². The van der Waals surface area contributed by atoms with Crippen molar-refractivity contribution in [2.24, 2.45) is 5.10 Å². The van der Waals surface area contributed by atoms with Crippen molar-refractivity contribution >= 4 is 22.1 Å². The van der Waals surface area contributed by atoms with E-state index < -0.39 is 22.5 Å². The van der Waals surface area contributed by atoms with Crippen molar-refractivity contribution in [2.45, 2.75) is 18.4 Å². The van der Waals surface area contributed by atoms with Crippen LogP contribution >= 0.6 is 0 Å². The molecular formula is C25H25N3O6S. The van der Waals surface area contributed by atoms with Gasteiger partial charge in [0.1, 0.15) is 5.75 Å². The number of sulfonamides is 1. The average molecular weight is 496 g/mol. The Balaban J connectivity index is 1.51. The lowest BCUT2D eigenvalue weighted by molar-refractivity contribution is -0.121. The Labute approximate surface area is 204 Å². The van der Waals surface area contributed by atoms with Gasteiger partial charge in [0.25, 0.3) is 5.91 Å². The smallest absolute Gasteiger partial charge is 0.255 e. The number of hydrogen-bond acceptors (Lipinski definition) is 7. The fraction of sp³-hybridized carbons (Fsp3) is 0.200. The number of fused-ring (bicyclic) bond motifs is 1. The lowest BCUT2D eigenvalue weighted by Crippen LogP contribution is -2.39. The van der Waals surface area contributed by atoms with Crippen LogP contribution in [0.1, 0.15) is 16.7 Å². The highest BCUT2D eigenvalue weighted by Crippen LogP contribution is 2.32. The second kappa shape index (κ2) is 10.6. The van der Waals surface area contributed by atoms with Gasteiger partial charge >= 0.3 is 0 Å². The summed E-state index contributed by atoms with van der Waals surface area (Å²) in [6.45, 7) is 1.53. The third-order valence-electron chi connectivity index (χ3n) is 5.33. The number of nitrogens with one attached hydrogen (secondary N) is 1. The van der Waals surface area contributed by atoms with E-state index in [1.165, 1.54) is 25.5 Å². The third kappa shape index (κ3) is 5.79. The maximum absolute atomic E-state index is 13.5. The molecule has 0 aromatic heterocycles. The van der Waals surface area contributed by atoms with Crippen LogP contribution in [-0.4, -0.2) is 45.3 Å². The van der Waals surface area contributed by atoms with Gasteiger partial charge in [-0.25, -0.2) is 13.8 Å². The molecule has 0 aliphatic carbocycles. The molecule has 10 heteroatoms. The van der Waals surface area contributed by atoms with E-state index in [1.807, 2.05) is 18.2 Å². The first kappa shape index (κ1) is 24.2. The number of amides is 1. The molecule has 0 saturated carbocycles. The van der Waals surface area contributed by atoms with Crippen molar-refractivity contribution in [1.82, 2.24) is 9.73 Å². The molecular weight excluding hydrogens is 470 g/mol. The van der Waals surface area contributed by atoms with E-state index >= 15 is 0 Å². The van der Waals surface area contributed by atoms with Crippen LogP contribution in [0.15, 0.2) is 76.7 Å². The van der Waals surface area contributed by atoms with Crippen molar-refractivity contribution in [3.05, 3.63) is 83.4 Å². The Bertz CT molecular complexity index is 1340. The molecule has 3 aromatic carbocycles. The van der Waals surface area contributed by atoms with Gasteiger partial charge in [-0.2, -0.15) is 9.41 Å². The van der Waals surface area contributed by atoms with Crippen molar-refractivity contribution in [3.8, 4) is 17.2 Å². The highest BCUT2D eigenvalue weighted by Gasteiger charge is 2.27. The number of rotatable bonds is 9. The van der Waals surface area contributed by atoms with Crippen LogP contribution in [-0.2, 0) is 21.4 Å². The summed E-state index contributed by atoms with van der Waals surface area (Å²) in [5.74, 6) is 1.23. The van der Waals surface area contributed by atoms with E-state index in [-0.39, 0.29) is 18.2 Å². The number of benzene rings is 3. The van der Waals surface area contributed by atoms with E-state index in [0.29, 0.717) is 28.4 Å². The van der Waals surface area contributed by atoms with Gasteiger partial charge in [-0.1, -0.05) is 30.3 Å². The summed E-state index contributed by atoms with van der Waals surface area (Å²) in [6.07, 6.45) is 1.45. The molecule has 0 bridgehead atoms. The quantitative estimate of drug-likeness (QED) is 0.361. The third-order valence-corrected chi connectivity index (χ3v) is 7.11. The zero-order valence-electron chi connectivity index (χ0n) is 19.3. The first-order valence-corrected chi connectivity index (χ1v) is 12.2. The predicted molar refractivity (Wildman–Crippen MR) is 130 cm³/mol. The van der Waals surface area contributed by atoms with Crippen LogP contribution in [0.3, 0.4) is 0 Å². The fourth-order valence-corrected chi connectivity index (χ4v) is 5.01. The average Bonchev–Trinajstić information content (AvgIpc) is 3.32. The van der Waals surface area contributed by atoms with Crippen molar-refractivity contribution in [3.63, 3.8) is 0 Å². The highest BCUT2D eigenvalue weighted by atomic mass is 32.2. The Hall–Kier alpha value is -3.89. The molecule has 4 rings (SSSR count). The van der Waals surface area contributed by atoms with E-state index in [9.17, 15) is 13.2 Å². The van der Waals surface area contributed by atoms with Crippen LogP contribution < -0.4 is 19.6 Å². The maximum Gasteiger partial charge on any atom is 0.255 e. The molecule has 1 aliphatic heterocycles. The normalized spacial score (nSPS) is 12.8.